The Balaban J connectivity index is 2.78. The molecule has 0 aliphatic heterocycles. The highest BCUT2D eigenvalue weighted by Crippen LogP contribution is 2.20. The summed E-state index contributed by atoms with van der Waals surface area (Å²) in [5, 5.41) is 5.68. The minimum Gasteiger partial charge on any atom is -0.267 e. The average molecular weight is 186 g/mol. The molecule has 0 atom stereocenters. The van der Waals surface area contributed by atoms with Crippen LogP contribution in [-0.2, 0) is 7.05 Å². The van der Waals surface area contributed by atoms with Gasteiger partial charge in [0, 0.05) is 12.4 Å². The fourth-order valence-electron chi connectivity index (χ4n) is 1.69. The van der Waals surface area contributed by atoms with Crippen molar-refractivity contribution >= 4 is 17.0 Å². The Labute approximate surface area is 83.9 Å². The monoisotopic (exact) mass is 186 g/mol. The van der Waals surface area contributed by atoms with Crippen LogP contribution in [0.15, 0.2) is 24.3 Å². The van der Waals surface area contributed by atoms with Crippen molar-refractivity contribution in [3.63, 3.8) is 0 Å². The third-order valence-corrected chi connectivity index (χ3v) is 2.36. The summed E-state index contributed by atoms with van der Waals surface area (Å²) in [6, 6.07) is 6.41. The zero-order chi connectivity index (χ0) is 10.1. The maximum absolute atomic E-state index is 4.45. The van der Waals surface area contributed by atoms with Crippen LogP contribution in [-0.4, -0.2) is 9.78 Å². The van der Waals surface area contributed by atoms with E-state index < -0.39 is 0 Å². The molecule has 0 saturated heterocycles. The van der Waals surface area contributed by atoms with Gasteiger partial charge in [-0.3, -0.25) is 4.68 Å². The number of rotatable bonds is 1. The highest BCUT2D eigenvalue weighted by Gasteiger charge is 2.04. The second-order valence-electron chi connectivity index (χ2n) is 3.53. The maximum Gasteiger partial charge on any atom is 0.0926 e. The van der Waals surface area contributed by atoms with Gasteiger partial charge in [-0.05, 0) is 32.1 Å². The minimum atomic E-state index is 1.05. The number of aromatic nitrogens is 2. The lowest BCUT2D eigenvalue weighted by Crippen LogP contribution is -1.88. The Morgan fingerprint density at radius 2 is 2.14 bits per heavy atom. The van der Waals surface area contributed by atoms with E-state index in [1.165, 1.54) is 16.5 Å². The van der Waals surface area contributed by atoms with E-state index in [4.69, 9.17) is 0 Å². The summed E-state index contributed by atoms with van der Waals surface area (Å²) in [6.45, 7) is 4.11. The first kappa shape index (κ1) is 9.00. The van der Waals surface area contributed by atoms with Gasteiger partial charge in [0.05, 0.1) is 11.2 Å². The first-order chi connectivity index (χ1) is 6.72. The van der Waals surface area contributed by atoms with Gasteiger partial charge < -0.3 is 0 Å². The molecular weight excluding hydrogens is 172 g/mol. The first-order valence-electron chi connectivity index (χ1n) is 4.78. The molecule has 1 aromatic carbocycles. The molecule has 0 aliphatic carbocycles. The van der Waals surface area contributed by atoms with Gasteiger partial charge in [0.15, 0.2) is 0 Å². The van der Waals surface area contributed by atoms with Gasteiger partial charge in [-0.15, -0.1) is 0 Å². The Morgan fingerprint density at radius 1 is 1.36 bits per heavy atom. The van der Waals surface area contributed by atoms with Gasteiger partial charge in [-0.1, -0.05) is 17.7 Å². The second kappa shape index (κ2) is 3.29. The second-order valence-corrected chi connectivity index (χ2v) is 3.53. The topological polar surface area (TPSA) is 17.8 Å². The molecule has 0 radical (unpaired) electrons. The van der Waals surface area contributed by atoms with Crippen LogP contribution in [0.2, 0.25) is 0 Å². The van der Waals surface area contributed by atoms with Crippen molar-refractivity contribution in [2.75, 3.05) is 0 Å². The van der Waals surface area contributed by atoms with E-state index >= 15 is 0 Å². The highest BCUT2D eigenvalue weighted by molar-refractivity contribution is 5.87. The van der Waals surface area contributed by atoms with E-state index in [9.17, 15) is 0 Å². The van der Waals surface area contributed by atoms with Gasteiger partial charge in [-0.25, -0.2) is 0 Å². The molecule has 2 heteroatoms. The number of benzene rings is 1. The Bertz CT molecular complexity index is 492. The van der Waals surface area contributed by atoms with Crippen molar-refractivity contribution in [1.29, 1.82) is 0 Å². The number of aryl methyl sites for hydroxylation is 2. The molecule has 0 amide bonds. The Morgan fingerprint density at radius 3 is 2.86 bits per heavy atom. The summed E-state index contributed by atoms with van der Waals surface area (Å²) in [4.78, 5) is 0. The summed E-state index contributed by atoms with van der Waals surface area (Å²) >= 11 is 0. The normalized spacial score (nSPS) is 11.6. The smallest absolute Gasteiger partial charge is 0.0926 e. The van der Waals surface area contributed by atoms with Gasteiger partial charge in [0.25, 0.3) is 0 Å². The van der Waals surface area contributed by atoms with Crippen LogP contribution in [0.5, 0.6) is 0 Å². The van der Waals surface area contributed by atoms with Crippen LogP contribution in [0.3, 0.4) is 0 Å². The summed E-state index contributed by atoms with van der Waals surface area (Å²) in [5.74, 6) is 0. The molecule has 0 fully saturated rings. The summed E-state index contributed by atoms with van der Waals surface area (Å²) in [5.41, 5.74) is 3.51. The summed E-state index contributed by atoms with van der Waals surface area (Å²) in [7, 11) is 1.98. The molecule has 14 heavy (non-hydrogen) atoms. The van der Waals surface area contributed by atoms with E-state index in [1.807, 2.05) is 30.8 Å². The molecule has 0 spiro atoms. The lowest BCUT2D eigenvalue weighted by molar-refractivity contribution is 0.793. The molecule has 1 heterocycles. The predicted molar refractivity (Wildman–Crippen MR) is 60.2 cm³/mol. The Kier molecular flexibility index (Phi) is 2.12. The fraction of sp³-hybridized carbons (Fsp3) is 0.250. The lowest BCUT2D eigenvalue weighted by atomic mass is 10.1. The van der Waals surface area contributed by atoms with Crippen LogP contribution >= 0.6 is 0 Å². The number of nitrogens with zero attached hydrogens (tertiary/aromatic N) is 2. The minimum absolute atomic E-state index is 1.05. The van der Waals surface area contributed by atoms with Crippen molar-refractivity contribution in [3.8, 4) is 0 Å². The zero-order valence-corrected chi connectivity index (χ0v) is 8.78. The first-order valence-corrected chi connectivity index (χ1v) is 4.78. The zero-order valence-electron chi connectivity index (χ0n) is 8.78. The molecule has 72 valence electrons. The van der Waals surface area contributed by atoms with E-state index in [2.05, 4.69) is 30.2 Å². The van der Waals surface area contributed by atoms with Crippen LogP contribution in [0.25, 0.3) is 17.0 Å². The molecule has 0 aliphatic rings. The number of allylic oxidation sites excluding steroid dienone is 1. The molecule has 2 rings (SSSR count). The van der Waals surface area contributed by atoms with Crippen molar-refractivity contribution in [1.82, 2.24) is 9.78 Å². The van der Waals surface area contributed by atoms with Gasteiger partial charge >= 0.3 is 0 Å². The predicted octanol–water partition coefficient (Wildman–Crippen LogP) is 2.91. The highest BCUT2D eigenvalue weighted by atomic mass is 15.3. The van der Waals surface area contributed by atoms with Crippen LogP contribution in [0, 0.1) is 6.92 Å². The summed E-state index contributed by atoms with van der Waals surface area (Å²) in [6.07, 6.45) is 4.06. The van der Waals surface area contributed by atoms with Crippen molar-refractivity contribution in [2.24, 2.45) is 7.05 Å². The third-order valence-electron chi connectivity index (χ3n) is 2.36. The molecule has 0 bridgehead atoms. The lowest BCUT2D eigenvalue weighted by Gasteiger charge is -1.94. The molecule has 0 unspecified atom stereocenters. The molecule has 1 aromatic heterocycles. The summed E-state index contributed by atoms with van der Waals surface area (Å²) < 4.78 is 1.92. The quantitative estimate of drug-likeness (QED) is 0.669. The molecule has 0 N–H and O–H groups in total. The fourth-order valence-corrected chi connectivity index (χ4v) is 1.69. The largest absolute Gasteiger partial charge is 0.267 e. The third kappa shape index (κ3) is 1.33. The van der Waals surface area contributed by atoms with Crippen LogP contribution < -0.4 is 0 Å². The molecule has 2 nitrogen and oxygen atoms in total. The Hall–Kier alpha value is -1.57. The number of fused-ring (bicyclic) bond motifs is 1. The van der Waals surface area contributed by atoms with Crippen LogP contribution in [0.4, 0.5) is 0 Å². The van der Waals surface area contributed by atoms with E-state index in [-0.39, 0.29) is 0 Å². The van der Waals surface area contributed by atoms with Gasteiger partial charge in [0.2, 0.25) is 0 Å². The standard InChI is InChI=1S/C12H14N2/c1-4-5-11-10-8-9(2)6-7-12(10)14(3)13-11/h4-8H,1-3H3/b5-4+. The molecular formula is C12H14N2. The van der Waals surface area contributed by atoms with E-state index in [0.29, 0.717) is 0 Å². The van der Waals surface area contributed by atoms with Crippen molar-refractivity contribution in [2.45, 2.75) is 13.8 Å². The number of hydrogen-bond acceptors (Lipinski definition) is 1. The molecule has 0 saturated carbocycles. The van der Waals surface area contributed by atoms with Gasteiger partial charge in [0.1, 0.15) is 0 Å². The average Bonchev–Trinajstić information content (AvgIpc) is 2.44. The van der Waals surface area contributed by atoms with Crippen molar-refractivity contribution < 1.29 is 0 Å². The van der Waals surface area contributed by atoms with Gasteiger partial charge in [-0.2, -0.15) is 5.10 Å². The molecule has 2 aromatic rings. The number of hydrogen-bond donors (Lipinski definition) is 0. The van der Waals surface area contributed by atoms with Crippen molar-refractivity contribution in [3.05, 3.63) is 35.5 Å². The maximum atomic E-state index is 4.45. The van der Waals surface area contributed by atoms with Crippen LogP contribution in [0.1, 0.15) is 18.2 Å². The van der Waals surface area contributed by atoms with E-state index in [0.717, 1.165) is 5.69 Å². The SMILES string of the molecule is C/C=C/c1nn(C)c2ccc(C)cc12. The van der Waals surface area contributed by atoms with E-state index in [1.54, 1.807) is 0 Å².